The van der Waals surface area contributed by atoms with Crippen LogP contribution in [-0.4, -0.2) is 30.9 Å². The van der Waals surface area contributed by atoms with Crippen molar-refractivity contribution in [3.8, 4) is 17.1 Å². The average Bonchev–Trinajstić information content (AvgIpc) is 3.28. The molecule has 2 aromatic heterocycles. The SMILES string of the molecule is CC(C)c1ccccc1-n1c(S[C@@H](C)C(=O)Nc2cc(C(F)(F)F)ccc2Cl)nnc1-c1cccnc1. The number of para-hydroxylation sites is 1. The number of pyridine rings is 1. The number of benzene rings is 2. The zero-order chi connectivity index (χ0) is 26.7. The van der Waals surface area contributed by atoms with Crippen LogP contribution in [0.3, 0.4) is 0 Å². The molecule has 0 spiro atoms. The molecule has 1 N–H and O–H groups in total. The lowest BCUT2D eigenvalue weighted by Gasteiger charge is -2.18. The molecular formula is C26H23ClF3N5OS. The van der Waals surface area contributed by atoms with Crippen LogP contribution in [0, 0.1) is 0 Å². The van der Waals surface area contributed by atoms with Gasteiger partial charge in [0, 0.05) is 18.0 Å². The molecule has 2 heterocycles. The van der Waals surface area contributed by atoms with E-state index in [1.54, 1.807) is 25.4 Å². The molecule has 0 aliphatic heterocycles. The molecule has 0 fully saturated rings. The van der Waals surface area contributed by atoms with E-state index in [4.69, 9.17) is 11.6 Å². The maximum Gasteiger partial charge on any atom is 0.416 e. The summed E-state index contributed by atoms with van der Waals surface area (Å²) in [6.07, 6.45) is -1.22. The van der Waals surface area contributed by atoms with Gasteiger partial charge in [-0.25, -0.2) is 0 Å². The van der Waals surface area contributed by atoms with Crippen molar-refractivity contribution >= 4 is 35.0 Å². The second kappa shape index (κ2) is 10.9. The Labute approximate surface area is 221 Å². The first-order valence-electron chi connectivity index (χ1n) is 11.4. The van der Waals surface area contributed by atoms with E-state index in [0.717, 1.165) is 46.8 Å². The summed E-state index contributed by atoms with van der Waals surface area (Å²) in [6.45, 7) is 5.79. The van der Waals surface area contributed by atoms with E-state index in [-0.39, 0.29) is 16.6 Å². The Morgan fingerprint density at radius 3 is 2.49 bits per heavy atom. The van der Waals surface area contributed by atoms with Gasteiger partial charge in [-0.3, -0.25) is 14.3 Å². The molecule has 0 aliphatic carbocycles. The summed E-state index contributed by atoms with van der Waals surface area (Å²) in [7, 11) is 0. The molecule has 37 heavy (non-hydrogen) atoms. The van der Waals surface area contributed by atoms with Gasteiger partial charge in [0.1, 0.15) is 0 Å². The number of carbonyl (C=O) groups is 1. The molecule has 4 aromatic rings. The van der Waals surface area contributed by atoms with E-state index in [0.29, 0.717) is 11.0 Å². The zero-order valence-corrected chi connectivity index (χ0v) is 21.7. The second-order valence-electron chi connectivity index (χ2n) is 8.54. The zero-order valence-electron chi connectivity index (χ0n) is 20.1. The third-order valence-corrected chi connectivity index (χ3v) is 6.93. The van der Waals surface area contributed by atoms with Crippen LogP contribution in [0.4, 0.5) is 18.9 Å². The monoisotopic (exact) mass is 545 g/mol. The van der Waals surface area contributed by atoms with Gasteiger partial charge in [0.2, 0.25) is 5.91 Å². The summed E-state index contributed by atoms with van der Waals surface area (Å²) in [5.74, 6) is 0.222. The number of hydrogen-bond acceptors (Lipinski definition) is 5. The Morgan fingerprint density at radius 2 is 1.81 bits per heavy atom. The summed E-state index contributed by atoms with van der Waals surface area (Å²) in [5.41, 5.74) is 1.64. The number of amides is 1. The van der Waals surface area contributed by atoms with Crippen molar-refractivity contribution < 1.29 is 18.0 Å². The predicted octanol–water partition coefficient (Wildman–Crippen LogP) is 7.24. The molecule has 1 atom stereocenters. The van der Waals surface area contributed by atoms with Gasteiger partial charge < -0.3 is 5.32 Å². The van der Waals surface area contributed by atoms with Gasteiger partial charge in [-0.15, -0.1) is 10.2 Å². The van der Waals surface area contributed by atoms with Crippen molar-refractivity contribution in [2.75, 3.05) is 5.32 Å². The van der Waals surface area contributed by atoms with Crippen LogP contribution in [0.1, 0.15) is 37.8 Å². The van der Waals surface area contributed by atoms with Gasteiger partial charge in [-0.2, -0.15) is 13.2 Å². The number of aromatic nitrogens is 4. The highest BCUT2D eigenvalue weighted by molar-refractivity contribution is 8.00. The van der Waals surface area contributed by atoms with Crippen LogP contribution < -0.4 is 5.32 Å². The van der Waals surface area contributed by atoms with Crippen LogP contribution in [0.2, 0.25) is 5.02 Å². The second-order valence-corrected chi connectivity index (χ2v) is 10.3. The van der Waals surface area contributed by atoms with E-state index in [9.17, 15) is 18.0 Å². The number of thioether (sulfide) groups is 1. The molecule has 192 valence electrons. The van der Waals surface area contributed by atoms with Crippen LogP contribution in [-0.2, 0) is 11.0 Å². The molecule has 11 heteroatoms. The van der Waals surface area contributed by atoms with Gasteiger partial charge in [0.15, 0.2) is 11.0 Å². The summed E-state index contributed by atoms with van der Waals surface area (Å²) < 4.78 is 41.3. The van der Waals surface area contributed by atoms with Gasteiger partial charge in [-0.1, -0.05) is 55.4 Å². The first kappa shape index (κ1) is 26.7. The van der Waals surface area contributed by atoms with Crippen molar-refractivity contribution in [1.29, 1.82) is 0 Å². The van der Waals surface area contributed by atoms with Gasteiger partial charge >= 0.3 is 6.18 Å². The minimum atomic E-state index is -4.56. The Bertz CT molecular complexity index is 1410. The fourth-order valence-corrected chi connectivity index (χ4v) is 4.69. The van der Waals surface area contributed by atoms with Crippen molar-refractivity contribution in [3.05, 3.63) is 83.1 Å². The third kappa shape index (κ3) is 5.97. The van der Waals surface area contributed by atoms with Crippen LogP contribution in [0.5, 0.6) is 0 Å². The number of nitrogens with zero attached hydrogens (tertiary/aromatic N) is 4. The fraction of sp³-hybridized carbons (Fsp3) is 0.231. The van der Waals surface area contributed by atoms with Crippen LogP contribution >= 0.6 is 23.4 Å². The Balaban J connectivity index is 1.68. The quantitative estimate of drug-likeness (QED) is 0.248. The molecule has 0 saturated heterocycles. The minimum absolute atomic E-state index is 0.00596. The first-order chi connectivity index (χ1) is 17.6. The van der Waals surface area contributed by atoms with Crippen LogP contribution in [0.25, 0.3) is 17.1 Å². The number of rotatable bonds is 7. The highest BCUT2D eigenvalue weighted by Gasteiger charge is 2.31. The number of alkyl halides is 3. The third-order valence-electron chi connectivity index (χ3n) is 5.56. The summed E-state index contributed by atoms with van der Waals surface area (Å²) in [5, 5.41) is 11.0. The Kier molecular flexibility index (Phi) is 7.89. The van der Waals surface area contributed by atoms with Crippen molar-refractivity contribution in [2.24, 2.45) is 0 Å². The lowest BCUT2D eigenvalue weighted by atomic mass is 10.0. The standard InChI is InChI=1S/C26H23ClF3N5OS/c1-15(2)19-8-4-5-9-22(19)35-23(17-7-6-12-31-14-17)33-34-25(35)37-16(3)24(36)32-21-13-18(26(28,29)30)10-11-20(21)27/h4-16H,1-3H3,(H,32,36)/t16-/m0/s1. The summed E-state index contributed by atoms with van der Waals surface area (Å²) >= 11 is 7.19. The maximum absolute atomic E-state index is 13.1. The summed E-state index contributed by atoms with van der Waals surface area (Å²) in [4.78, 5) is 17.2. The molecule has 0 unspecified atom stereocenters. The Morgan fingerprint density at radius 1 is 1.05 bits per heavy atom. The van der Waals surface area contributed by atoms with Gasteiger partial charge in [0.25, 0.3) is 0 Å². The van der Waals surface area contributed by atoms with E-state index in [1.165, 1.54) is 0 Å². The van der Waals surface area contributed by atoms with Crippen molar-refractivity contribution in [3.63, 3.8) is 0 Å². The number of halogens is 4. The molecule has 0 saturated carbocycles. The van der Waals surface area contributed by atoms with Gasteiger partial charge in [0.05, 0.1) is 27.2 Å². The number of anilines is 1. The average molecular weight is 546 g/mol. The maximum atomic E-state index is 13.1. The van der Waals surface area contributed by atoms with Gasteiger partial charge in [-0.05, 0) is 54.8 Å². The number of carbonyl (C=O) groups excluding carboxylic acids is 1. The lowest BCUT2D eigenvalue weighted by molar-refractivity contribution is -0.137. The minimum Gasteiger partial charge on any atom is -0.324 e. The smallest absolute Gasteiger partial charge is 0.324 e. The topological polar surface area (TPSA) is 72.7 Å². The van der Waals surface area contributed by atoms with E-state index >= 15 is 0 Å². The number of nitrogens with one attached hydrogen (secondary N) is 1. The molecule has 1 amide bonds. The van der Waals surface area contributed by atoms with Crippen LogP contribution in [0.15, 0.2) is 72.1 Å². The molecule has 2 aromatic carbocycles. The summed E-state index contributed by atoms with van der Waals surface area (Å²) in [6, 6.07) is 14.3. The normalized spacial score (nSPS) is 12.5. The fourth-order valence-electron chi connectivity index (χ4n) is 3.67. The highest BCUT2D eigenvalue weighted by Crippen LogP contribution is 2.36. The molecule has 6 nitrogen and oxygen atoms in total. The molecule has 0 aliphatic rings. The van der Waals surface area contributed by atoms with E-state index in [1.807, 2.05) is 34.9 Å². The predicted molar refractivity (Wildman–Crippen MR) is 139 cm³/mol. The molecule has 4 rings (SSSR count). The van der Waals surface area contributed by atoms with Crippen molar-refractivity contribution in [2.45, 2.75) is 43.3 Å². The molecule has 0 radical (unpaired) electrons. The molecular weight excluding hydrogens is 523 g/mol. The highest BCUT2D eigenvalue weighted by atomic mass is 35.5. The van der Waals surface area contributed by atoms with E-state index < -0.39 is 22.9 Å². The first-order valence-corrected chi connectivity index (χ1v) is 12.6. The molecule has 0 bridgehead atoms. The Hall–Kier alpha value is -3.37. The van der Waals surface area contributed by atoms with E-state index in [2.05, 4.69) is 34.3 Å². The van der Waals surface area contributed by atoms with Crippen molar-refractivity contribution in [1.82, 2.24) is 19.7 Å². The lowest BCUT2D eigenvalue weighted by Crippen LogP contribution is -2.23. The largest absolute Gasteiger partial charge is 0.416 e. The number of hydrogen-bond donors (Lipinski definition) is 1.